The second-order valence-corrected chi connectivity index (χ2v) is 8.36. The number of hydrogen-bond acceptors (Lipinski definition) is 1. The Morgan fingerprint density at radius 3 is 1.28 bits per heavy atom. The molecule has 2 heteroatoms. The Morgan fingerprint density at radius 1 is 0.640 bits per heavy atom. The minimum absolute atomic E-state index is 0. The van der Waals surface area contributed by atoms with E-state index in [0.717, 1.165) is 6.42 Å². The summed E-state index contributed by atoms with van der Waals surface area (Å²) in [4.78, 5) is 0. The van der Waals surface area contributed by atoms with E-state index in [1.807, 2.05) is 0 Å². The van der Waals surface area contributed by atoms with Crippen molar-refractivity contribution in [1.29, 1.82) is 0 Å². The van der Waals surface area contributed by atoms with E-state index in [9.17, 15) is 0 Å². The van der Waals surface area contributed by atoms with Gasteiger partial charge < -0.3 is 6.15 Å². The molecule has 3 N–H and O–H groups in total. The molecule has 0 aliphatic rings. The molecule has 0 aromatic rings. The lowest BCUT2D eigenvalue weighted by Gasteiger charge is -2.22. The summed E-state index contributed by atoms with van der Waals surface area (Å²) in [6.45, 7) is 10.9. The lowest BCUT2D eigenvalue weighted by molar-refractivity contribution is 0.323. The molecular formula is C23H50ClN. The molecule has 0 aromatic carbocycles. The molecule has 25 heavy (non-hydrogen) atoms. The van der Waals surface area contributed by atoms with Gasteiger partial charge in [-0.3, -0.25) is 0 Å². The summed E-state index contributed by atoms with van der Waals surface area (Å²) >= 11 is 0. The number of unbranched alkanes of at least 4 members (excludes halogenated alkanes) is 14. The lowest BCUT2D eigenvalue weighted by Crippen LogP contribution is -2.09. The van der Waals surface area contributed by atoms with Gasteiger partial charge in [0.25, 0.3) is 0 Å². The smallest absolute Gasteiger partial charge is 0.0302 e. The molecular weight excluding hydrogens is 326 g/mol. The van der Waals surface area contributed by atoms with Crippen LogP contribution in [-0.4, -0.2) is 0 Å². The molecule has 0 heterocycles. The molecule has 1 nitrogen and oxygen atoms in total. The largest absolute Gasteiger partial charge is 0.344 e. The average Bonchev–Trinajstić information content (AvgIpc) is 2.51. The number of halogens is 1. The van der Waals surface area contributed by atoms with Gasteiger partial charge in [-0.25, -0.2) is 0 Å². The summed E-state index contributed by atoms with van der Waals surface area (Å²) in [6, 6.07) is 0. The monoisotopic (exact) mass is 375 g/mol. The van der Waals surface area contributed by atoms with Crippen LogP contribution in [0.15, 0.2) is 12.7 Å². The van der Waals surface area contributed by atoms with Gasteiger partial charge in [0.2, 0.25) is 0 Å². The quantitative estimate of drug-likeness (QED) is 0.188. The fourth-order valence-corrected chi connectivity index (χ4v) is 3.47. The van der Waals surface area contributed by atoms with Gasteiger partial charge in [0.1, 0.15) is 0 Å². The van der Waals surface area contributed by atoms with Crippen LogP contribution < -0.4 is 6.15 Å². The van der Waals surface area contributed by atoms with E-state index in [1.165, 1.54) is 103 Å². The SMILES string of the molecule is C=CCC(C)(C)CCCCCCCCCCCCCCCCC.Cl.N. The third kappa shape index (κ3) is 24.0. The van der Waals surface area contributed by atoms with Gasteiger partial charge in [0, 0.05) is 0 Å². The Bertz CT molecular complexity index is 250. The Balaban J connectivity index is -0.00000242. The van der Waals surface area contributed by atoms with Crippen molar-refractivity contribution in [2.45, 2.75) is 130 Å². The van der Waals surface area contributed by atoms with Crippen molar-refractivity contribution in [3.63, 3.8) is 0 Å². The zero-order valence-corrected chi connectivity index (χ0v) is 18.7. The molecule has 0 aromatic heterocycles. The number of hydrogen-bond donors (Lipinski definition) is 1. The van der Waals surface area contributed by atoms with Crippen LogP contribution >= 0.6 is 12.4 Å². The van der Waals surface area contributed by atoms with E-state index in [-0.39, 0.29) is 18.6 Å². The highest BCUT2D eigenvalue weighted by Crippen LogP contribution is 2.28. The zero-order valence-electron chi connectivity index (χ0n) is 17.9. The van der Waals surface area contributed by atoms with Crippen molar-refractivity contribution >= 4 is 12.4 Å². The van der Waals surface area contributed by atoms with E-state index >= 15 is 0 Å². The van der Waals surface area contributed by atoms with Crippen LogP contribution in [0.25, 0.3) is 0 Å². The van der Waals surface area contributed by atoms with Gasteiger partial charge in [0.15, 0.2) is 0 Å². The summed E-state index contributed by atoms with van der Waals surface area (Å²) in [5.41, 5.74) is 0.471. The normalized spacial score (nSPS) is 10.8. The molecule has 0 saturated heterocycles. The van der Waals surface area contributed by atoms with Crippen molar-refractivity contribution < 1.29 is 0 Å². The topological polar surface area (TPSA) is 35.0 Å². The number of allylic oxidation sites excluding steroid dienone is 1. The van der Waals surface area contributed by atoms with Crippen LogP contribution in [-0.2, 0) is 0 Å². The van der Waals surface area contributed by atoms with Gasteiger partial charge in [0.05, 0.1) is 0 Å². The molecule has 0 saturated carbocycles. The molecule has 0 spiro atoms. The first-order valence-electron chi connectivity index (χ1n) is 10.7. The molecule has 0 aliphatic heterocycles. The minimum Gasteiger partial charge on any atom is -0.344 e. The van der Waals surface area contributed by atoms with Gasteiger partial charge >= 0.3 is 0 Å². The lowest BCUT2D eigenvalue weighted by atomic mass is 9.83. The van der Waals surface area contributed by atoms with Gasteiger partial charge in [-0.1, -0.05) is 123 Å². The van der Waals surface area contributed by atoms with E-state index in [1.54, 1.807) is 0 Å². The van der Waals surface area contributed by atoms with Crippen molar-refractivity contribution in [2.24, 2.45) is 5.41 Å². The summed E-state index contributed by atoms with van der Waals surface area (Å²) in [6.07, 6.45) is 26.4. The van der Waals surface area contributed by atoms with Crippen LogP contribution in [0, 0.1) is 5.41 Å². The zero-order chi connectivity index (χ0) is 17.2. The van der Waals surface area contributed by atoms with Crippen molar-refractivity contribution in [3.8, 4) is 0 Å². The van der Waals surface area contributed by atoms with Gasteiger partial charge in [-0.05, 0) is 18.3 Å². The Labute approximate surface area is 166 Å². The molecule has 0 radical (unpaired) electrons. The highest BCUT2D eigenvalue weighted by atomic mass is 35.5. The van der Waals surface area contributed by atoms with Crippen LogP contribution in [0.3, 0.4) is 0 Å². The molecule has 0 unspecified atom stereocenters. The van der Waals surface area contributed by atoms with Crippen LogP contribution in [0.4, 0.5) is 0 Å². The Morgan fingerprint density at radius 2 is 0.960 bits per heavy atom. The highest BCUT2D eigenvalue weighted by molar-refractivity contribution is 5.85. The molecule has 0 amide bonds. The first kappa shape index (κ1) is 29.7. The van der Waals surface area contributed by atoms with Crippen LogP contribution in [0.1, 0.15) is 130 Å². The predicted octanol–water partition coefficient (Wildman–Crippen LogP) is 9.43. The summed E-state index contributed by atoms with van der Waals surface area (Å²) < 4.78 is 0. The van der Waals surface area contributed by atoms with E-state index in [2.05, 4.69) is 33.4 Å². The molecule has 0 rings (SSSR count). The van der Waals surface area contributed by atoms with Crippen molar-refractivity contribution in [1.82, 2.24) is 6.15 Å². The second kappa shape index (κ2) is 22.0. The standard InChI is InChI=1S/C23H46.ClH.H3N/c1-5-7-8-9-10-11-12-13-14-15-16-17-18-19-20-22-23(3,4)21-6-2;;/h6H,2,5,7-22H2,1,3-4H3;1H;1H3. The highest BCUT2D eigenvalue weighted by Gasteiger charge is 2.14. The van der Waals surface area contributed by atoms with E-state index in [4.69, 9.17) is 0 Å². The van der Waals surface area contributed by atoms with Gasteiger partial charge in [-0.2, -0.15) is 0 Å². The minimum atomic E-state index is 0. The fraction of sp³-hybridized carbons (Fsp3) is 0.913. The third-order valence-electron chi connectivity index (χ3n) is 5.15. The maximum absolute atomic E-state index is 3.87. The van der Waals surface area contributed by atoms with E-state index in [0.29, 0.717) is 5.41 Å². The first-order valence-corrected chi connectivity index (χ1v) is 10.7. The second-order valence-electron chi connectivity index (χ2n) is 8.36. The van der Waals surface area contributed by atoms with E-state index < -0.39 is 0 Å². The maximum Gasteiger partial charge on any atom is -0.0302 e. The third-order valence-corrected chi connectivity index (χ3v) is 5.15. The summed E-state index contributed by atoms with van der Waals surface area (Å²) in [5, 5.41) is 0. The molecule has 0 atom stereocenters. The first-order chi connectivity index (χ1) is 11.1. The molecule has 154 valence electrons. The molecule has 0 aliphatic carbocycles. The van der Waals surface area contributed by atoms with Crippen LogP contribution in [0.2, 0.25) is 0 Å². The maximum atomic E-state index is 3.87. The van der Waals surface area contributed by atoms with Crippen LogP contribution in [0.5, 0.6) is 0 Å². The predicted molar refractivity (Wildman–Crippen MR) is 120 cm³/mol. The average molecular weight is 376 g/mol. The Kier molecular flexibility index (Phi) is 26.2. The summed E-state index contributed by atoms with van der Waals surface area (Å²) in [5.74, 6) is 0. The fourth-order valence-electron chi connectivity index (χ4n) is 3.47. The van der Waals surface area contributed by atoms with Gasteiger partial charge in [-0.15, -0.1) is 19.0 Å². The Hall–Kier alpha value is -0.0100. The molecule has 0 fully saturated rings. The molecule has 0 bridgehead atoms. The van der Waals surface area contributed by atoms with Crippen molar-refractivity contribution in [3.05, 3.63) is 12.7 Å². The van der Waals surface area contributed by atoms with Crippen molar-refractivity contribution in [2.75, 3.05) is 0 Å². The number of rotatable bonds is 18. The summed E-state index contributed by atoms with van der Waals surface area (Å²) in [7, 11) is 0.